The lowest BCUT2D eigenvalue weighted by atomic mass is 9.97. The summed E-state index contributed by atoms with van der Waals surface area (Å²) < 4.78 is 44.4. The highest BCUT2D eigenvalue weighted by molar-refractivity contribution is 5.95. The first kappa shape index (κ1) is 31.9. The molecule has 2 aromatic rings. The fourth-order valence-corrected chi connectivity index (χ4v) is 6.05. The van der Waals surface area contributed by atoms with Crippen LogP contribution in [0.15, 0.2) is 30.6 Å². The van der Waals surface area contributed by atoms with E-state index in [1.807, 2.05) is 12.1 Å². The number of fused-ring (bicyclic) bond motifs is 1. The maximum Gasteiger partial charge on any atom is 0.434 e. The van der Waals surface area contributed by atoms with Gasteiger partial charge >= 0.3 is 6.18 Å². The maximum atomic E-state index is 13.0. The predicted molar refractivity (Wildman–Crippen MR) is 155 cm³/mol. The molecule has 1 saturated carbocycles. The molecule has 11 nitrogen and oxygen atoms in total. The van der Waals surface area contributed by atoms with Gasteiger partial charge in [-0.2, -0.15) is 13.2 Å². The maximum absolute atomic E-state index is 13.0. The molecule has 3 aliphatic rings. The van der Waals surface area contributed by atoms with Crippen molar-refractivity contribution in [1.82, 2.24) is 20.6 Å². The van der Waals surface area contributed by atoms with Gasteiger partial charge in [0, 0.05) is 36.3 Å². The van der Waals surface area contributed by atoms with Crippen molar-refractivity contribution in [2.24, 2.45) is 0 Å². The number of halogens is 3. The normalized spacial score (nSPS) is 25.8. The standard InChI is InChI=1S/C30H39F3N6O5/c31-30(32,33)24-14-34-15-25(39-24)38-22-16-44-23(28(42)27(22)41)13-35-29(43)18-8-10-21-17(12-18)4-3-7-20(36-21)9-11-26(40)37-19-5-1-2-6-19/h8,10,12,14-15,19-20,22-23,27-28,36,41-42H,1-7,9,11,13,16H2,(H,35,43)(H,37,40)(H,38,39)/t20?,22-,23+,27+,28-/m0/s1. The number of ether oxygens (including phenoxy) is 1. The van der Waals surface area contributed by atoms with Crippen LogP contribution in [0.3, 0.4) is 0 Å². The number of carbonyl (C=O) groups excluding carboxylic acids is 2. The van der Waals surface area contributed by atoms with Crippen LogP contribution in [0.1, 0.15) is 73.0 Å². The number of nitrogens with one attached hydrogen (secondary N) is 4. The van der Waals surface area contributed by atoms with Gasteiger partial charge in [0.25, 0.3) is 5.91 Å². The van der Waals surface area contributed by atoms with Gasteiger partial charge in [-0.3, -0.25) is 14.6 Å². The number of aliphatic hydroxyl groups is 2. The molecule has 1 saturated heterocycles. The van der Waals surface area contributed by atoms with Gasteiger partial charge < -0.3 is 36.2 Å². The van der Waals surface area contributed by atoms with Crippen molar-refractivity contribution in [3.8, 4) is 0 Å². The zero-order chi connectivity index (χ0) is 31.3. The van der Waals surface area contributed by atoms with E-state index >= 15 is 0 Å². The molecule has 240 valence electrons. The first-order chi connectivity index (χ1) is 21.1. The lowest BCUT2D eigenvalue weighted by molar-refractivity contribution is -0.141. The second-order valence-electron chi connectivity index (χ2n) is 11.8. The monoisotopic (exact) mass is 620 g/mol. The molecule has 1 unspecified atom stereocenters. The molecule has 2 amide bonds. The van der Waals surface area contributed by atoms with Gasteiger partial charge in [0.1, 0.15) is 24.1 Å². The van der Waals surface area contributed by atoms with Gasteiger partial charge in [-0.05, 0) is 62.3 Å². The van der Waals surface area contributed by atoms with Gasteiger partial charge in [-0.25, -0.2) is 4.98 Å². The van der Waals surface area contributed by atoms with Crippen LogP contribution in [0, 0.1) is 0 Å². The molecular weight excluding hydrogens is 581 g/mol. The van der Waals surface area contributed by atoms with Crippen LogP contribution in [0.5, 0.6) is 0 Å². The van der Waals surface area contributed by atoms with Crippen LogP contribution in [-0.2, 0) is 22.1 Å². The minimum absolute atomic E-state index is 0.0898. The molecule has 14 heteroatoms. The number of aromatic nitrogens is 2. The summed E-state index contributed by atoms with van der Waals surface area (Å²) in [5.41, 5.74) is 1.19. The summed E-state index contributed by atoms with van der Waals surface area (Å²) in [6.07, 6.45) is 1.54. The summed E-state index contributed by atoms with van der Waals surface area (Å²) in [5, 5.41) is 33.2. The first-order valence-electron chi connectivity index (χ1n) is 15.2. The number of hydrogen-bond donors (Lipinski definition) is 6. The van der Waals surface area contributed by atoms with Gasteiger partial charge in [0.05, 0.1) is 25.0 Å². The third kappa shape index (κ3) is 8.16. The SMILES string of the molecule is O=C(CCC1CCCc2cc(C(=O)NC[C@H]3OC[C@H](Nc4cncc(C(F)(F)F)n4)[C@@H](O)[C@H]3O)ccc2N1)NC1CCCC1. The number of amides is 2. The zero-order valence-electron chi connectivity index (χ0n) is 24.3. The Morgan fingerprint density at radius 3 is 2.64 bits per heavy atom. The molecule has 5 atom stereocenters. The van der Waals surface area contributed by atoms with Crippen molar-refractivity contribution in [2.45, 2.75) is 100 Å². The third-order valence-electron chi connectivity index (χ3n) is 8.52. The number of nitrogens with zero attached hydrogens (tertiary/aromatic N) is 2. The Bertz CT molecular complexity index is 1310. The molecular formula is C30H39F3N6O5. The number of aryl methyl sites for hydroxylation is 1. The number of carbonyl (C=O) groups is 2. The van der Waals surface area contributed by atoms with E-state index in [1.165, 1.54) is 12.8 Å². The Morgan fingerprint density at radius 2 is 1.86 bits per heavy atom. The first-order valence-corrected chi connectivity index (χ1v) is 15.2. The van der Waals surface area contributed by atoms with Crippen LogP contribution in [0.4, 0.5) is 24.7 Å². The highest BCUT2D eigenvalue weighted by atomic mass is 19.4. The van der Waals surface area contributed by atoms with Crippen LogP contribution in [0.2, 0.25) is 0 Å². The van der Waals surface area contributed by atoms with Crippen molar-refractivity contribution in [3.63, 3.8) is 0 Å². The molecule has 1 aromatic heterocycles. The molecule has 0 radical (unpaired) electrons. The molecule has 1 aliphatic carbocycles. The van der Waals surface area contributed by atoms with Crippen molar-refractivity contribution in [3.05, 3.63) is 47.4 Å². The predicted octanol–water partition coefficient (Wildman–Crippen LogP) is 2.78. The molecule has 6 N–H and O–H groups in total. The van der Waals surface area contributed by atoms with Crippen molar-refractivity contribution in [1.29, 1.82) is 0 Å². The molecule has 44 heavy (non-hydrogen) atoms. The molecule has 2 fully saturated rings. The second kappa shape index (κ2) is 14.1. The lowest BCUT2D eigenvalue weighted by Crippen LogP contribution is -2.58. The molecule has 5 rings (SSSR count). The van der Waals surface area contributed by atoms with Crippen molar-refractivity contribution in [2.75, 3.05) is 23.8 Å². The highest BCUT2D eigenvalue weighted by Crippen LogP contribution is 2.29. The minimum Gasteiger partial charge on any atom is -0.388 e. The quantitative estimate of drug-likeness (QED) is 0.248. The Labute approximate surface area is 253 Å². The third-order valence-corrected chi connectivity index (χ3v) is 8.52. The highest BCUT2D eigenvalue weighted by Gasteiger charge is 2.39. The van der Waals surface area contributed by atoms with Gasteiger partial charge in [0.2, 0.25) is 5.91 Å². The van der Waals surface area contributed by atoms with Crippen molar-refractivity contribution < 1.29 is 37.7 Å². The van der Waals surface area contributed by atoms with E-state index in [4.69, 9.17) is 4.74 Å². The summed E-state index contributed by atoms with van der Waals surface area (Å²) in [5.74, 6) is -0.492. The average Bonchev–Trinajstić information content (AvgIpc) is 3.42. The van der Waals surface area contributed by atoms with E-state index in [0.29, 0.717) is 24.2 Å². The van der Waals surface area contributed by atoms with Crippen molar-refractivity contribution >= 4 is 23.3 Å². The summed E-state index contributed by atoms with van der Waals surface area (Å²) >= 11 is 0. The Balaban J connectivity index is 1.09. The molecule has 3 heterocycles. The Kier molecular flexibility index (Phi) is 10.2. The van der Waals surface area contributed by atoms with E-state index in [9.17, 15) is 33.0 Å². The van der Waals surface area contributed by atoms with E-state index < -0.39 is 36.2 Å². The van der Waals surface area contributed by atoms with E-state index in [-0.39, 0.29) is 36.8 Å². The number of alkyl halides is 3. The summed E-state index contributed by atoms with van der Waals surface area (Å²) in [4.78, 5) is 32.3. The number of benzene rings is 1. The second-order valence-corrected chi connectivity index (χ2v) is 11.8. The average molecular weight is 621 g/mol. The number of hydrogen-bond acceptors (Lipinski definition) is 9. The summed E-state index contributed by atoms with van der Waals surface area (Å²) in [6, 6.07) is 4.94. The summed E-state index contributed by atoms with van der Waals surface area (Å²) in [7, 11) is 0. The van der Waals surface area contributed by atoms with Crippen LogP contribution >= 0.6 is 0 Å². The summed E-state index contributed by atoms with van der Waals surface area (Å²) in [6.45, 7) is -0.238. The molecule has 0 bridgehead atoms. The minimum atomic E-state index is -4.68. The smallest absolute Gasteiger partial charge is 0.388 e. The number of rotatable bonds is 9. The Morgan fingerprint density at radius 1 is 1.07 bits per heavy atom. The largest absolute Gasteiger partial charge is 0.434 e. The van der Waals surface area contributed by atoms with E-state index in [0.717, 1.165) is 56.0 Å². The van der Waals surface area contributed by atoms with E-state index in [2.05, 4.69) is 31.2 Å². The zero-order valence-corrected chi connectivity index (χ0v) is 24.3. The van der Waals surface area contributed by atoms with Gasteiger partial charge in [0.15, 0.2) is 5.69 Å². The molecule has 0 spiro atoms. The molecule has 2 aliphatic heterocycles. The van der Waals surface area contributed by atoms with Crippen LogP contribution < -0.4 is 21.3 Å². The Hall–Kier alpha value is -3.49. The number of anilines is 2. The topological polar surface area (TPSA) is 158 Å². The van der Waals surface area contributed by atoms with Gasteiger partial charge in [-0.15, -0.1) is 0 Å². The lowest BCUT2D eigenvalue weighted by Gasteiger charge is -2.38. The molecule has 1 aromatic carbocycles. The van der Waals surface area contributed by atoms with Gasteiger partial charge in [-0.1, -0.05) is 12.8 Å². The van der Waals surface area contributed by atoms with E-state index in [1.54, 1.807) is 6.07 Å². The van der Waals surface area contributed by atoms with Crippen LogP contribution in [-0.4, -0.2) is 81.6 Å². The fraction of sp³-hybridized carbons (Fsp3) is 0.600. The number of aliphatic hydroxyl groups excluding tert-OH is 2. The van der Waals surface area contributed by atoms with Crippen LogP contribution in [0.25, 0.3) is 0 Å². The fourth-order valence-electron chi connectivity index (χ4n) is 6.05.